The molecule has 1 aromatic rings. The Labute approximate surface area is 91.9 Å². The van der Waals surface area contributed by atoms with E-state index in [1.54, 1.807) is 0 Å². The summed E-state index contributed by atoms with van der Waals surface area (Å²) in [6.07, 6.45) is 2.85. The van der Waals surface area contributed by atoms with E-state index in [9.17, 15) is 0 Å². The van der Waals surface area contributed by atoms with E-state index in [0.717, 1.165) is 28.8 Å². The second-order valence-corrected chi connectivity index (χ2v) is 4.21. The van der Waals surface area contributed by atoms with Crippen LogP contribution in [0.15, 0.2) is 22.7 Å². The van der Waals surface area contributed by atoms with E-state index in [1.165, 1.54) is 5.56 Å². The Kier molecular flexibility index (Phi) is 4.78. The number of hydrogen-bond acceptors (Lipinski definition) is 1. The van der Waals surface area contributed by atoms with Crippen molar-refractivity contribution in [1.82, 2.24) is 0 Å². The first-order valence-corrected chi connectivity index (χ1v) is 5.46. The highest BCUT2D eigenvalue weighted by Crippen LogP contribution is 2.22. The fourth-order valence-electron chi connectivity index (χ4n) is 1.15. The summed E-state index contributed by atoms with van der Waals surface area (Å²) in [5.74, 6) is 0. The predicted octanol–water partition coefficient (Wildman–Crippen LogP) is 3.42. The van der Waals surface area contributed by atoms with Gasteiger partial charge in [-0.1, -0.05) is 33.6 Å². The van der Waals surface area contributed by atoms with Gasteiger partial charge in [-0.25, -0.2) is 0 Å². The summed E-state index contributed by atoms with van der Waals surface area (Å²) in [5, 5.41) is 9.37. The van der Waals surface area contributed by atoms with E-state index in [2.05, 4.69) is 15.9 Å². The van der Waals surface area contributed by atoms with Crippen LogP contribution in [0.25, 0.3) is 0 Å². The third-order valence-electron chi connectivity index (χ3n) is 1.87. The first kappa shape index (κ1) is 11.0. The number of halogens is 2. The van der Waals surface area contributed by atoms with E-state index in [1.807, 2.05) is 18.2 Å². The minimum atomic E-state index is 0.269. The molecule has 3 heteroatoms. The topological polar surface area (TPSA) is 20.2 Å². The van der Waals surface area contributed by atoms with Crippen LogP contribution >= 0.6 is 27.5 Å². The molecule has 0 atom stereocenters. The van der Waals surface area contributed by atoms with Crippen molar-refractivity contribution in [3.05, 3.63) is 33.3 Å². The van der Waals surface area contributed by atoms with Gasteiger partial charge >= 0.3 is 0 Å². The number of rotatable bonds is 4. The van der Waals surface area contributed by atoms with Crippen LogP contribution in [0, 0.1) is 0 Å². The van der Waals surface area contributed by atoms with Crippen molar-refractivity contribution in [2.24, 2.45) is 0 Å². The summed E-state index contributed by atoms with van der Waals surface area (Å²) in [6.45, 7) is 0.269. The van der Waals surface area contributed by atoms with E-state index in [0.29, 0.717) is 0 Å². The Morgan fingerprint density at radius 2 is 2.08 bits per heavy atom. The van der Waals surface area contributed by atoms with Gasteiger partial charge in [0, 0.05) is 16.1 Å². The normalized spacial score (nSPS) is 10.4. The lowest BCUT2D eigenvalue weighted by Gasteiger charge is -2.03. The number of aryl methyl sites for hydroxylation is 1. The molecule has 0 fully saturated rings. The van der Waals surface area contributed by atoms with E-state index in [-0.39, 0.29) is 6.61 Å². The van der Waals surface area contributed by atoms with Gasteiger partial charge in [0.15, 0.2) is 0 Å². The number of aliphatic hydroxyl groups is 1. The Morgan fingerprint density at radius 1 is 1.31 bits per heavy atom. The fourth-order valence-corrected chi connectivity index (χ4v) is 2.03. The van der Waals surface area contributed by atoms with Crippen molar-refractivity contribution in [3.8, 4) is 0 Å². The lowest BCUT2D eigenvalue weighted by molar-refractivity contribution is 0.284. The van der Waals surface area contributed by atoms with E-state index in [4.69, 9.17) is 16.7 Å². The van der Waals surface area contributed by atoms with Gasteiger partial charge in [-0.15, -0.1) is 0 Å². The monoisotopic (exact) mass is 262 g/mol. The van der Waals surface area contributed by atoms with Crippen LogP contribution in [-0.2, 0) is 6.42 Å². The standard InChI is InChI=1S/C10H12BrClO/c11-10-7-9(12)5-4-8(10)3-1-2-6-13/h4-5,7,13H,1-3,6H2. The maximum absolute atomic E-state index is 8.62. The Bertz CT molecular complexity index is 276. The molecule has 1 aromatic carbocycles. The van der Waals surface area contributed by atoms with Gasteiger partial charge in [0.1, 0.15) is 0 Å². The summed E-state index contributed by atoms with van der Waals surface area (Å²) < 4.78 is 1.05. The van der Waals surface area contributed by atoms with E-state index >= 15 is 0 Å². The molecular formula is C10H12BrClO. The zero-order valence-corrected chi connectivity index (χ0v) is 9.61. The van der Waals surface area contributed by atoms with Crippen LogP contribution in [0.5, 0.6) is 0 Å². The molecule has 0 bridgehead atoms. The van der Waals surface area contributed by atoms with Crippen molar-refractivity contribution in [1.29, 1.82) is 0 Å². The third-order valence-corrected chi connectivity index (χ3v) is 2.84. The highest BCUT2D eigenvalue weighted by molar-refractivity contribution is 9.10. The molecule has 0 unspecified atom stereocenters. The molecule has 1 nitrogen and oxygen atoms in total. The molecule has 0 aliphatic heterocycles. The maximum Gasteiger partial charge on any atom is 0.0431 e. The first-order chi connectivity index (χ1) is 6.24. The Hall–Kier alpha value is -0.0500. The van der Waals surface area contributed by atoms with E-state index < -0.39 is 0 Å². The summed E-state index contributed by atoms with van der Waals surface area (Å²) >= 11 is 9.26. The third kappa shape index (κ3) is 3.67. The molecule has 0 heterocycles. The highest BCUT2D eigenvalue weighted by atomic mass is 79.9. The highest BCUT2D eigenvalue weighted by Gasteiger charge is 1.99. The molecule has 0 spiro atoms. The van der Waals surface area contributed by atoms with Crippen LogP contribution in [0.4, 0.5) is 0 Å². The summed E-state index contributed by atoms with van der Waals surface area (Å²) in [4.78, 5) is 0. The quantitative estimate of drug-likeness (QED) is 0.825. The average molecular weight is 264 g/mol. The molecule has 1 rings (SSSR count). The minimum Gasteiger partial charge on any atom is -0.396 e. The van der Waals surface area contributed by atoms with Gasteiger partial charge in [-0.05, 0) is 37.0 Å². The largest absolute Gasteiger partial charge is 0.396 e. The number of aliphatic hydroxyl groups excluding tert-OH is 1. The molecule has 1 N–H and O–H groups in total. The van der Waals surface area contributed by atoms with Crippen LogP contribution in [0.1, 0.15) is 18.4 Å². The number of hydrogen-bond donors (Lipinski definition) is 1. The second-order valence-electron chi connectivity index (χ2n) is 2.92. The van der Waals surface area contributed by atoms with Crippen LogP contribution in [0.3, 0.4) is 0 Å². The van der Waals surface area contributed by atoms with Crippen LogP contribution < -0.4 is 0 Å². The van der Waals surface area contributed by atoms with Gasteiger partial charge < -0.3 is 5.11 Å². The lowest BCUT2D eigenvalue weighted by Crippen LogP contribution is -1.89. The second kappa shape index (κ2) is 5.63. The van der Waals surface area contributed by atoms with Crippen LogP contribution in [-0.4, -0.2) is 11.7 Å². The Morgan fingerprint density at radius 3 is 2.69 bits per heavy atom. The molecule has 0 aromatic heterocycles. The summed E-state index contributed by atoms with van der Waals surface area (Å²) in [5.41, 5.74) is 1.25. The smallest absolute Gasteiger partial charge is 0.0431 e. The van der Waals surface area contributed by atoms with Crippen molar-refractivity contribution >= 4 is 27.5 Å². The SMILES string of the molecule is OCCCCc1ccc(Cl)cc1Br. The molecule has 13 heavy (non-hydrogen) atoms. The molecule has 0 aliphatic rings. The number of benzene rings is 1. The molecule has 0 saturated carbocycles. The molecule has 0 amide bonds. The van der Waals surface area contributed by atoms with Crippen LogP contribution in [0.2, 0.25) is 5.02 Å². The van der Waals surface area contributed by atoms with Crippen molar-refractivity contribution < 1.29 is 5.11 Å². The summed E-state index contributed by atoms with van der Waals surface area (Å²) in [6, 6.07) is 5.81. The first-order valence-electron chi connectivity index (χ1n) is 4.29. The van der Waals surface area contributed by atoms with Crippen molar-refractivity contribution in [3.63, 3.8) is 0 Å². The summed E-state index contributed by atoms with van der Waals surface area (Å²) in [7, 11) is 0. The van der Waals surface area contributed by atoms with Crippen molar-refractivity contribution in [2.75, 3.05) is 6.61 Å². The Balaban J connectivity index is 2.56. The fraction of sp³-hybridized carbons (Fsp3) is 0.400. The zero-order valence-electron chi connectivity index (χ0n) is 7.26. The molecule has 0 radical (unpaired) electrons. The van der Waals surface area contributed by atoms with Gasteiger partial charge in [0.2, 0.25) is 0 Å². The predicted molar refractivity (Wildman–Crippen MR) is 59.2 cm³/mol. The molecule has 72 valence electrons. The molecule has 0 saturated heterocycles. The average Bonchev–Trinajstić information content (AvgIpc) is 2.09. The van der Waals surface area contributed by atoms with Gasteiger partial charge in [0.05, 0.1) is 0 Å². The lowest BCUT2D eigenvalue weighted by atomic mass is 10.1. The van der Waals surface area contributed by atoms with Crippen molar-refractivity contribution in [2.45, 2.75) is 19.3 Å². The van der Waals surface area contributed by atoms with Gasteiger partial charge in [-0.2, -0.15) is 0 Å². The maximum atomic E-state index is 8.62. The molecular weight excluding hydrogens is 251 g/mol. The minimum absolute atomic E-state index is 0.269. The van der Waals surface area contributed by atoms with Gasteiger partial charge in [-0.3, -0.25) is 0 Å². The number of unbranched alkanes of at least 4 members (excludes halogenated alkanes) is 1. The zero-order chi connectivity index (χ0) is 9.68. The van der Waals surface area contributed by atoms with Gasteiger partial charge in [0.25, 0.3) is 0 Å². The molecule has 0 aliphatic carbocycles.